The molecular weight excluding hydrogens is 1660 g/mol. The topological polar surface area (TPSA) is 572 Å². The van der Waals surface area contributed by atoms with Crippen LogP contribution in [0.25, 0.3) is 0 Å². The number of aliphatic hydroxyl groups is 4. The van der Waals surface area contributed by atoms with Crippen molar-refractivity contribution in [1.29, 1.82) is 0 Å². The number of thiol groups is 1. The molecule has 2 aliphatic heterocycles. The van der Waals surface area contributed by atoms with Gasteiger partial charge in [-0.1, -0.05) is 0 Å². The number of nitrogens with one attached hydrogen (secondary N) is 10. The van der Waals surface area contributed by atoms with E-state index in [1.165, 1.54) is 157 Å². The molecular formula is C77H135N15O29S2. The van der Waals surface area contributed by atoms with E-state index in [1.807, 2.05) is 0 Å². The molecule has 0 bridgehead atoms. The minimum atomic E-state index is -2.43. The molecule has 14 unspecified atom stereocenters. The van der Waals surface area contributed by atoms with Crippen LogP contribution in [0, 0.1) is 0 Å². The third-order valence-electron chi connectivity index (χ3n) is 14.5. The van der Waals surface area contributed by atoms with Gasteiger partial charge >= 0.3 is 60.9 Å². The fourth-order valence-electron chi connectivity index (χ4n) is 10.6. The van der Waals surface area contributed by atoms with Gasteiger partial charge in [0.2, 0.25) is 29.8 Å². The van der Waals surface area contributed by atoms with E-state index in [9.17, 15) is 68.4 Å². The Labute approximate surface area is 728 Å². The SMILES string of the molecule is CC(C)(C)OC(=O)/N=C(/NCC1OC(OC2C(N/C(=N/C(=O)OC(C)(C)C)NC(=O)OC(C)(C)C)CC(N/C(=N/C(=O)OC(C)(C)C)NC(=O)OC(C)(C)C)C(OC3OC(CSCCOCCS)C(O)C(N/C(=N\C(=O)OC(C)(C)C)NC(=O)OC(C)(C)C)C3O)C2O)C(N/C(=N\C(=O)OC(C)(C)C)NC(=O)OC(C)(C)C)CC1O)NC(=O)OC(C)(C)C. The lowest BCUT2D eigenvalue weighted by atomic mass is 9.83. The van der Waals surface area contributed by atoms with Crippen molar-refractivity contribution in [2.24, 2.45) is 25.0 Å². The van der Waals surface area contributed by atoms with Gasteiger partial charge in [0.25, 0.3) is 0 Å². The van der Waals surface area contributed by atoms with Crippen LogP contribution in [0.5, 0.6) is 0 Å². The van der Waals surface area contributed by atoms with E-state index in [4.69, 9.17) is 71.1 Å². The van der Waals surface area contributed by atoms with Crippen LogP contribution in [0.1, 0.15) is 221 Å². The van der Waals surface area contributed by atoms with Gasteiger partial charge in [0.15, 0.2) is 12.6 Å². The molecule has 1 saturated carbocycles. The van der Waals surface area contributed by atoms with Crippen molar-refractivity contribution < 1.29 is 139 Å². The third-order valence-corrected chi connectivity index (χ3v) is 15.7. The van der Waals surface area contributed by atoms with E-state index in [-0.39, 0.29) is 24.7 Å². The summed E-state index contributed by atoms with van der Waals surface area (Å²) in [5.41, 5.74) is -12.0. The Morgan fingerprint density at radius 2 is 0.650 bits per heavy atom. The molecule has 2 heterocycles. The van der Waals surface area contributed by atoms with Crippen molar-refractivity contribution in [2.75, 3.05) is 37.0 Å². The first-order chi connectivity index (χ1) is 55.8. The second kappa shape index (κ2) is 45.5. The van der Waals surface area contributed by atoms with Crippen LogP contribution in [0.2, 0.25) is 0 Å². The number of nitrogens with zero attached hydrogens (tertiary/aromatic N) is 5. The summed E-state index contributed by atoms with van der Waals surface area (Å²) >= 11 is 5.40. The number of hydrogen-bond donors (Lipinski definition) is 15. The van der Waals surface area contributed by atoms with Gasteiger partial charge in [-0.3, -0.25) is 26.6 Å². The summed E-state index contributed by atoms with van der Waals surface area (Å²) < 4.78 is 88.4. The molecule has 0 aromatic heterocycles. The number of carbonyl (C=O) groups excluding carboxylic acids is 10. The molecule has 2 saturated heterocycles. The Balaban J connectivity index is 2.81. The highest BCUT2D eigenvalue weighted by atomic mass is 32.2. The molecule has 46 heteroatoms. The van der Waals surface area contributed by atoms with Crippen molar-refractivity contribution in [1.82, 2.24) is 53.2 Å². The third kappa shape index (κ3) is 46.3. The second-order valence-electron chi connectivity index (χ2n) is 38.4. The maximum Gasteiger partial charge on any atom is 0.437 e. The lowest BCUT2D eigenvalue weighted by molar-refractivity contribution is -0.312. The van der Waals surface area contributed by atoms with Gasteiger partial charge in [-0.2, -0.15) is 24.4 Å². The van der Waals surface area contributed by atoms with E-state index >= 15 is 0 Å². The molecule has 10 amide bonds. The number of rotatable bonds is 17. The minimum absolute atomic E-state index is 0.162. The average molecular weight is 1800 g/mol. The van der Waals surface area contributed by atoms with E-state index < -0.39 is 252 Å². The fraction of sp³-hybridized carbons (Fsp3) is 0.805. The Morgan fingerprint density at radius 1 is 0.358 bits per heavy atom. The van der Waals surface area contributed by atoms with Gasteiger partial charge in [0, 0.05) is 30.2 Å². The van der Waals surface area contributed by atoms with Crippen LogP contribution in [-0.4, -0.2) is 290 Å². The number of carbonyl (C=O) groups is 10. The van der Waals surface area contributed by atoms with E-state index in [2.05, 4.69) is 90.8 Å². The molecule has 14 atom stereocenters. The molecule has 0 radical (unpaired) electrons. The van der Waals surface area contributed by atoms with E-state index in [1.54, 1.807) is 62.3 Å². The highest BCUT2D eigenvalue weighted by molar-refractivity contribution is 7.99. The van der Waals surface area contributed by atoms with Gasteiger partial charge in [-0.25, -0.2) is 47.9 Å². The predicted molar refractivity (Wildman–Crippen MR) is 453 cm³/mol. The van der Waals surface area contributed by atoms with Gasteiger partial charge in [0.1, 0.15) is 92.6 Å². The number of aliphatic hydroxyl groups excluding tert-OH is 4. The quantitative estimate of drug-likeness (QED) is 0.0219. The summed E-state index contributed by atoms with van der Waals surface area (Å²) in [6, 6.07) is -7.11. The van der Waals surface area contributed by atoms with Crippen molar-refractivity contribution in [3.8, 4) is 0 Å². The summed E-state index contributed by atoms with van der Waals surface area (Å²) in [6.45, 7) is 45.6. The zero-order valence-corrected chi connectivity index (χ0v) is 78.0. The van der Waals surface area contributed by atoms with Crippen LogP contribution in [0.3, 0.4) is 0 Å². The zero-order valence-electron chi connectivity index (χ0n) is 76.3. The molecule has 3 rings (SSSR count). The van der Waals surface area contributed by atoms with Crippen molar-refractivity contribution in [3.63, 3.8) is 0 Å². The van der Waals surface area contributed by atoms with Crippen LogP contribution in [0.15, 0.2) is 25.0 Å². The summed E-state index contributed by atoms with van der Waals surface area (Å²) in [5, 5.41) is 78.0. The van der Waals surface area contributed by atoms with Crippen LogP contribution in [-0.2, 0) is 71.1 Å². The average Bonchev–Trinajstić information content (AvgIpc) is 0.767. The summed E-state index contributed by atoms with van der Waals surface area (Å²) in [4.78, 5) is 158. The Hall–Kier alpha value is -8.61. The molecule has 3 fully saturated rings. The Bertz CT molecular complexity index is 3730. The first-order valence-electron chi connectivity index (χ1n) is 39.8. The minimum Gasteiger partial charge on any atom is -0.444 e. The fourth-order valence-corrected chi connectivity index (χ4v) is 11.6. The summed E-state index contributed by atoms with van der Waals surface area (Å²) in [6.07, 6.45) is -33.8. The van der Waals surface area contributed by atoms with Crippen LogP contribution >= 0.6 is 24.4 Å². The van der Waals surface area contributed by atoms with Crippen LogP contribution < -0.4 is 53.2 Å². The first-order valence-corrected chi connectivity index (χ1v) is 41.6. The van der Waals surface area contributed by atoms with E-state index in [0.29, 0.717) is 5.75 Å². The summed E-state index contributed by atoms with van der Waals surface area (Å²) in [7, 11) is 0. The van der Waals surface area contributed by atoms with Crippen LogP contribution in [0.4, 0.5) is 47.9 Å². The second-order valence-corrected chi connectivity index (χ2v) is 39.9. The standard InChI is InChI=1S/C77H135N15O29S2/c1-68(2,3)112-58(97)83-53(84-59(98)113-69(4,5)6)78-37-43-42(93)36-41(81-56(89-64(103)118-74(19,20)21)90-65(104)119-75(22,23)24)51(108-43)110-49-39(79-54(85-60(99)114-70(7,8)9)86-61(100)115-71(10,11)12)35-40(80-55(87-62(101)116-72(13,14)15)88-63(102)117-73(16,17)18)50(48(49)96)111-52-47(95)45(46(94)44(109-52)38-123-34-32-107-31-33-122)82-57(91-66(105)120-76(25,26)27)92-67(106)121-77(28,29)30/h39-52,93-96,122H,31-38H2,1-30H3,(H2,78,83,84,97,98)(H2,79,85,86,99,100)(H2,80,87,88,101,102)(H2,81,89,90,103,104)(H2,82,91,92,105,106). The van der Waals surface area contributed by atoms with Crippen molar-refractivity contribution >= 4 is 115 Å². The predicted octanol–water partition coefficient (Wildman–Crippen LogP) is 7.63. The normalized spacial score (nSPS) is 23.8. The zero-order chi connectivity index (χ0) is 94.3. The van der Waals surface area contributed by atoms with Gasteiger partial charge in [0.05, 0.1) is 49.6 Å². The van der Waals surface area contributed by atoms with Gasteiger partial charge in [-0.05, 0) is 214 Å². The molecule has 1 aliphatic carbocycles. The number of alkyl carbamates (subject to hydrolysis) is 5. The lowest BCUT2D eigenvalue weighted by Crippen LogP contribution is -2.71. The highest BCUT2D eigenvalue weighted by Crippen LogP contribution is 2.35. The first kappa shape index (κ1) is 109. The van der Waals surface area contributed by atoms with Crippen molar-refractivity contribution in [2.45, 2.75) is 362 Å². The molecule has 0 aromatic rings. The molecule has 0 spiro atoms. The number of ether oxygens (including phenoxy) is 15. The maximum atomic E-state index is 14.1. The lowest BCUT2D eigenvalue weighted by Gasteiger charge is -2.50. The highest BCUT2D eigenvalue weighted by Gasteiger charge is 2.54. The Kier molecular flexibility index (Phi) is 40.2. The molecule has 0 aromatic carbocycles. The number of aliphatic imine (C=N–C) groups is 5. The molecule has 704 valence electrons. The monoisotopic (exact) mass is 1800 g/mol. The molecule has 14 N–H and O–H groups in total. The van der Waals surface area contributed by atoms with Gasteiger partial charge in [-0.15, -0.1) is 25.0 Å². The maximum absolute atomic E-state index is 14.1. The smallest absolute Gasteiger partial charge is 0.437 e. The summed E-state index contributed by atoms with van der Waals surface area (Å²) in [5.74, 6) is -3.23. The number of guanidine groups is 5. The largest absolute Gasteiger partial charge is 0.444 e. The molecule has 3 aliphatic rings. The molecule has 123 heavy (non-hydrogen) atoms. The van der Waals surface area contributed by atoms with Crippen molar-refractivity contribution in [3.05, 3.63) is 0 Å². The number of thioether (sulfide) groups is 1. The van der Waals surface area contributed by atoms with Gasteiger partial charge < -0.3 is 118 Å². The Morgan fingerprint density at radius 3 is 0.976 bits per heavy atom. The number of amides is 10. The number of hydrogen-bond acceptors (Lipinski definition) is 31. The molecule has 44 nitrogen and oxygen atoms in total. The van der Waals surface area contributed by atoms with E-state index in [0.717, 1.165) is 0 Å².